The summed E-state index contributed by atoms with van der Waals surface area (Å²) in [4.78, 5) is 0. The van der Waals surface area contributed by atoms with Gasteiger partial charge in [0.15, 0.2) is 0 Å². The smallest absolute Gasteiger partial charge is 0.403 e. The first kappa shape index (κ1) is 16.4. The number of rotatable bonds is 0. The molecule has 0 radical (unpaired) electrons. The van der Waals surface area contributed by atoms with Crippen LogP contribution in [0, 0.1) is 0 Å². The molecule has 1 saturated heterocycles. The van der Waals surface area contributed by atoms with Crippen molar-refractivity contribution in [1.29, 1.82) is 0 Å². The van der Waals surface area contributed by atoms with Gasteiger partial charge in [0.1, 0.15) is 0 Å². The van der Waals surface area contributed by atoms with Crippen molar-refractivity contribution in [3.05, 3.63) is 0 Å². The zero-order valence-electron chi connectivity index (χ0n) is 11.4. The standard InChI is InChI=1S/C7H15BO2.2C2H6/c1-6(2)7(3,4)10-8(5)9-6;2*1-2/h1-5H3;2*1-2H3. The highest BCUT2D eigenvalue weighted by Crippen LogP contribution is 2.36. The van der Waals surface area contributed by atoms with Gasteiger partial charge < -0.3 is 9.31 Å². The lowest BCUT2D eigenvalue weighted by Gasteiger charge is -2.32. The normalized spacial score (nSPS) is 21.6. The van der Waals surface area contributed by atoms with Crippen LogP contribution < -0.4 is 0 Å². The van der Waals surface area contributed by atoms with Crippen LogP contribution in [-0.2, 0) is 9.31 Å². The monoisotopic (exact) mass is 202 g/mol. The fourth-order valence-corrected chi connectivity index (χ4v) is 1.14. The van der Waals surface area contributed by atoms with Crippen LogP contribution in [0.15, 0.2) is 0 Å². The lowest BCUT2D eigenvalue weighted by molar-refractivity contribution is 0.00578. The summed E-state index contributed by atoms with van der Waals surface area (Å²) >= 11 is 0. The summed E-state index contributed by atoms with van der Waals surface area (Å²) in [6, 6.07) is 0. The van der Waals surface area contributed by atoms with Gasteiger partial charge >= 0.3 is 7.12 Å². The van der Waals surface area contributed by atoms with E-state index in [-0.39, 0.29) is 18.3 Å². The van der Waals surface area contributed by atoms with Crippen molar-refractivity contribution in [1.82, 2.24) is 0 Å². The van der Waals surface area contributed by atoms with Crippen molar-refractivity contribution >= 4 is 7.12 Å². The van der Waals surface area contributed by atoms with E-state index in [4.69, 9.17) is 9.31 Å². The highest BCUT2D eigenvalue weighted by Gasteiger charge is 2.48. The van der Waals surface area contributed by atoms with Crippen molar-refractivity contribution in [3.63, 3.8) is 0 Å². The highest BCUT2D eigenvalue weighted by atomic mass is 16.7. The molecule has 1 fully saturated rings. The van der Waals surface area contributed by atoms with Gasteiger partial charge in [-0.2, -0.15) is 0 Å². The van der Waals surface area contributed by atoms with Gasteiger partial charge in [0.05, 0.1) is 11.2 Å². The van der Waals surface area contributed by atoms with Crippen LogP contribution in [0.1, 0.15) is 55.4 Å². The zero-order chi connectivity index (χ0) is 12.0. The predicted octanol–water partition coefficient (Wildman–Crippen LogP) is 3.76. The molecule has 0 N–H and O–H groups in total. The first-order valence-electron chi connectivity index (χ1n) is 5.71. The van der Waals surface area contributed by atoms with E-state index in [1.165, 1.54) is 0 Å². The predicted molar refractivity (Wildman–Crippen MR) is 64.6 cm³/mol. The average Bonchev–Trinajstić information content (AvgIpc) is 2.26. The topological polar surface area (TPSA) is 18.5 Å². The maximum atomic E-state index is 5.54. The Hall–Kier alpha value is -0.0151. The van der Waals surface area contributed by atoms with Gasteiger partial charge in [-0.3, -0.25) is 0 Å². The van der Waals surface area contributed by atoms with E-state index in [0.29, 0.717) is 0 Å². The Morgan fingerprint density at radius 2 is 0.929 bits per heavy atom. The van der Waals surface area contributed by atoms with Crippen molar-refractivity contribution < 1.29 is 9.31 Å². The lowest BCUT2D eigenvalue weighted by Crippen LogP contribution is -2.41. The van der Waals surface area contributed by atoms with Crippen LogP contribution in [0.3, 0.4) is 0 Å². The van der Waals surface area contributed by atoms with Gasteiger partial charge in [0.2, 0.25) is 0 Å². The van der Waals surface area contributed by atoms with E-state index in [2.05, 4.69) is 27.7 Å². The second-order valence-corrected chi connectivity index (χ2v) is 3.82. The minimum atomic E-state index is -0.160. The quantitative estimate of drug-likeness (QED) is 0.557. The third-order valence-corrected chi connectivity index (χ3v) is 2.37. The molecule has 14 heavy (non-hydrogen) atoms. The number of hydrogen-bond acceptors (Lipinski definition) is 2. The molecule has 1 aliphatic heterocycles. The Morgan fingerprint density at radius 1 is 0.714 bits per heavy atom. The summed E-state index contributed by atoms with van der Waals surface area (Å²) in [5.74, 6) is 0. The first-order chi connectivity index (χ1) is 6.35. The Kier molecular flexibility index (Phi) is 7.58. The van der Waals surface area contributed by atoms with Gasteiger partial charge in [-0.25, -0.2) is 0 Å². The van der Waals surface area contributed by atoms with E-state index in [1.807, 2.05) is 34.5 Å². The summed E-state index contributed by atoms with van der Waals surface area (Å²) < 4.78 is 11.1. The summed E-state index contributed by atoms with van der Waals surface area (Å²) in [5, 5.41) is 0. The molecule has 0 atom stereocenters. The highest BCUT2D eigenvalue weighted by molar-refractivity contribution is 6.43. The maximum Gasteiger partial charge on any atom is 0.454 e. The fraction of sp³-hybridized carbons (Fsp3) is 1.00. The average molecular weight is 202 g/mol. The van der Waals surface area contributed by atoms with E-state index >= 15 is 0 Å². The Balaban J connectivity index is 0. The summed E-state index contributed by atoms with van der Waals surface area (Å²) in [7, 11) is -0.0648. The minimum absolute atomic E-state index is 0.0648. The third kappa shape index (κ3) is 4.01. The molecular formula is C11H27BO2. The van der Waals surface area contributed by atoms with Crippen LogP contribution in [-0.4, -0.2) is 18.3 Å². The van der Waals surface area contributed by atoms with Gasteiger partial charge in [0.25, 0.3) is 0 Å². The van der Waals surface area contributed by atoms with Crippen LogP contribution in [0.2, 0.25) is 6.82 Å². The SMILES string of the molecule is CB1OC(C)(C)C(C)(C)O1.CC.CC. The molecule has 1 aliphatic rings. The van der Waals surface area contributed by atoms with Gasteiger partial charge in [0, 0.05) is 0 Å². The summed E-state index contributed by atoms with van der Waals surface area (Å²) in [5.41, 5.74) is -0.321. The molecule has 0 spiro atoms. The first-order valence-corrected chi connectivity index (χ1v) is 5.71. The molecule has 0 unspecified atom stereocenters. The second kappa shape index (κ2) is 6.47. The van der Waals surface area contributed by atoms with Crippen molar-refractivity contribution in [2.45, 2.75) is 73.4 Å². The third-order valence-electron chi connectivity index (χ3n) is 2.37. The molecule has 0 aliphatic carbocycles. The molecule has 86 valence electrons. The molecular weight excluding hydrogens is 175 g/mol. The van der Waals surface area contributed by atoms with E-state index in [9.17, 15) is 0 Å². The van der Waals surface area contributed by atoms with Crippen LogP contribution in [0.4, 0.5) is 0 Å². The molecule has 1 heterocycles. The van der Waals surface area contributed by atoms with E-state index in [1.54, 1.807) is 0 Å². The Morgan fingerprint density at radius 3 is 1.00 bits per heavy atom. The van der Waals surface area contributed by atoms with Crippen molar-refractivity contribution in [2.75, 3.05) is 0 Å². The van der Waals surface area contributed by atoms with Gasteiger partial charge in [-0.1, -0.05) is 27.7 Å². The van der Waals surface area contributed by atoms with Crippen LogP contribution in [0.5, 0.6) is 0 Å². The molecule has 0 bridgehead atoms. The molecule has 0 saturated carbocycles. The molecule has 3 heteroatoms. The van der Waals surface area contributed by atoms with Gasteiger partial charge in [-0.05, 0) is 34.5 Å². The summed E-state index contributed by atoms with van der Waals surface area (Å²) in [6.45, 7) is 18.1. The Labute approximate surface area is 90.5 Å². The lowest BCUT2D eigenvalue weighted by atomic mass is 9.90. The zero-order valence-corrected chi connectivity index (χ0v) is 11.4. The second-order valence-electron chi connectivity index (χ2n) is 3.82. The van der Waals surface area contributed by atoms with Gasteiger partial charge in [-0.15, -0.1) is 0 Å². The van der Waals surface area contributed by atoms with E-state index in [0.717, 1.165) is 0 Å². The fourth-order valence-electron chi connectivity index (χ4n) is 1.14. The van der Waals surface area contributed by atoms with Crippen molar-refractivity contribution in [2.24, 2.45) is 0 Å². The molecule has 1 rings (SSSR count). The molecule has 0 aromatic carbocycles. The van der Waals surface area contributed by atoms with Crippen molar-refractivity contribution in [3.8, 4) is 0 Å². The molecule has 0 aromatic heterocycles. The molecule has 2 nitrogen and oxygen atoms in total. The minimum Gasteiger partial charge on any atom is -0.403 e. The van der Waals surface area contributed by atoms with Crippen LogP contribution >= 0.6 is 0 Å². The summed E-state index contributed by atoms with van der Waals surface area (Å²) in [6.07, 6.45) is 0. The molecule has 0 amide bonds. The van der Waals surface area contributed by atoms with Crippen LogP contribution in [0.25, 0.3) is 0 Å². The molecule has 0 aromatic rings. The number of hydrogen-bond donors (Lipinski definition) is 0. The van der Waals surface area contributed by atoms with E-state index < -0.39 is 0 Å². The maximum absolute atomic E-state index is 5.54. The Bertz CT molecular complexity index is 128. The largest absolute Gasteiger partial charge is 0.454 e.